The third-order valence-corrected chi connectivity index (χ3v) is 6.42. The van der Waals surface area contributed by atoms with Gasteiger partial charge in [0.2, 0.25) is 0 Å². The number of ether oxygens (including phenoxy) is 1. The third kappa shape index (κ3) is 4.06. The van der Waals surface area contributed by atoms with Crippen LogP contribution in [-0.4, -0.2) is 37.0 Å². The molecule has 0 atom stereocenters. The molecule has 9 heteroatoms. The molecular weight excluding hydrogens is 428 g/mol. The molecule has 0 aliphatic heterocycles. The van der Waals surface area contributed by atoms with Gasteiger partial charge in [0.15, 0.2) is 17.5 Å². The van der Waals surface area contributed by atoms with Crippen LogP contribution in [0.4, 0.5) is 5.95 Å². The van der Waals surface area contributed by atoms with Crippen LogP contribution in [-0.2, 0) is 6.61 Å². The first kappa shape index (κ1) is 20.6. The average molecular weight is 456 g/mol. The van der Waals surface area contributed by atoms with E-state index in [-0.39, 0.29) is 0 Å². The molecule has 1 saturated carbocycles. The van der Waals surface area contributed by atoms with Gasteiger partial charge in [-0.1, -0.05) is 35.3 Å². The summed E-state index contributed by atoms with van der Waals surface area (Å²) in [6.45, 7) is 0.523. The smallest absolute Gasteiger partial charge is 0.302 e. The molecule has 3 aromatic heterocycles. The quantitative estimate of drug-likeness (QED) is 0.291. The van der Waals surface area contributed by atoms with E-state index in [1.165, 1.54) is 0 Å². The molecule has 9 nitrogen and oxygen atoms in total. The number of hydrogen-bond donors (Lipinski definition) is 4. The Hall–Kier alpha value is -3.98. The fourth-order valence-electron chi connectivity index (χ4n) is 4.55. The number of nitrogens with zero attached hydrogens (tertiary/aromatic N) is 4. The highest BCUT2D eigenvalue weighted by Crippen LogP contribution is 2.23. The molecule has 0 bridgehead atoms. The van der Waals surface area contributed by atoms with Crippen LogP contribution in [0.15, 0.2) is 61.2 Å². The Balaban J connectivity index is 1.30. The summed E-state index contributed by atoms with van der Waals surface area (Å²) in [6.07, 6.45) is 7.62. The SMILES string of the molecule is NC1CCC(Nc2nc(-[n+]3c[nH]c4cc(OCc5ccccc5)ccc43)c3[nH]cnc3n2)CC1. The molecule has 0 spiro atoms. The summed E-state index contributed by atoms with van der Waals surface area (Å²) in [5.41, 5.74) is 10.5. The molecule has 2 aromatic carbocycles. The van der Waals surface area contributed by atoms with Crippen LogP contribution in [0.1, 0.15) is 31.2 Å². The van der Waals surface area contributed by atoms with Crippen molar-refractivity contribution in [1.82, 2.24) is 24.9 Å². The van der Waals surface area contributed by atoms with Crippen LogP contribution >= 0.6 is 0 Å². The van der Waals surface area contributed by atoms with E-state index in [0.717, 1.165) is 59.4 Å². The lowest BCUT2D eigenvalue weighted by Crippen LogP contribution is -2.34. The number of nitrogens with one attached hydrogen (secondary N) is 3. The Morgan fingerprint density at radius 2 is 1.88 bits per heavy atom. The van der Waals surface area contributed by atoms with Gasteiger partial charge < -0.3 is 20.8 Å². The van der Waals surface area contributed by atoms with Crippen LogP contribution in [0.5, 0.6) is 5.75 Å². The lowest BCUT2D eigenvalue weighted by molar-refractivity contribution is -0.569. The predicted octanol–water partition coefficient (Wildman–Crippen LogP) is 3.37. The lowest BCUT2D eigenvalue weighted by Gasteiger charge is -2.26. The van der Waals surface area contributed by atoms with Crippen LogP contribution in [0.3, 0.4) is 0 Å². The molecule has 0 radical (unpaired) electrons. The highest BCUT2D eigenvalue weighted by molar-refractivity contribution is 5.79. The van der Waals surface area contributed by atoms with Crippen molar-refractivity contribution in [3.8, 4) is 11.6 Å². The molecule has 5 aromatic rings. The van der Waals surface area contributed by atoms with Crippen molar-refractivity contribution in [3.63, 3.8) is 0 Å². The summed E-state index contributed by atoms with van der Waals surface area (Å²) in [5.74, 6) is 2.12. The molecule has 5 N–H and O–H groups in total. The minimum absolute atomic E-state index is 0.298. The van der Waals surface area contributed by atoms with Crippen molar-refractivity contribution in [2.24, 2.45) is 5.73 Å². The fraction of sp³-hybridized carbons (Fsp3) is 0.280. The predicted molar refractivity (Wildman–Crippen MR) is 130 cm³/mol. The molecule has 0 amide bonds. The third-order valence-electron chi connectivity index (χ3n) is 6.42. The van der Waals surface area contributed by atoms with Crippen LogP contribution in [0.2, 0.25) is 0 Å². The number of hydrogen-bond acceptors (Lipinski definition) is 6. The zero-order valence-corrected chi connectivity index (χ0v) is 18.7. The molecule has 1 aliphatic rings. The van der Waals surface area contributed by atoms with Crippen LogP contribution < -0.4 is 20.4 Å². The standard InChI is InChI=1S/C25H26N8O/c26-17-6-8-18(9-7-17)30-25-31-23-22(27-14-28-23)24(32-25)33-15-29-20-12-19(10-11-21(20)33)34-13-16-4-2-1-3-5-16/h1-5,10-12,14-15,17-18H,6-9,13,26H2,(H2,27,28,30,31,32)/p+1. The first-order chi connectivity index (χ1) is 16.7. The maximum atomic E-state index is 6.06. The first-order valence-electron chi connectivity index (χ1n) is 11.7. The Labute approximate surface area is 196 Å². The molecule has 34 heavy (non-hydrogen) atoms. The van der Waals surface area contributed by atoms with Gasteiger partial charge in [-0.3, -0.25) is 4.98 Å². The Bertz CT molecular complexity index is 1420. The molecule has 6 rings (SSSR count). The Morgan fingerprint density at radius 1 is 1.03 bits per heavy atom. The number of aromatic nitrogens is 6. The number of fused-ring (bicyclic) bond motifs is 2. The van der Waals surface area contributed by atoms with Gasteiger partial charge in [-0.05, 0) is 43.4 Å². The van der Waals surface area contributed by atoms with Gasteiger partial charge in [-0.15, -0.1) is 0 Å². The van der Waals surface area contributed by atoms with E-state index in [4.69, 9.17) is 15.5 Å². The maximum absolute atomic E-state index is 6.06. The van der Waals surface area contributed by atoms with Gasteiger partial charge >= 0.3 is 5.95 Å². The van der Waals surface area contributed by atoms with Crippen molar-refractivity contribution in [2.75, 3.05) is 5.32 Å². The molecule has 1 aliphatic carbocycles. The number of H-pyrrole nitrogens is 2. The zero-order chi connectivity index (χ0) is 22.9. The monoisotopic (exact) mass is 455 g/mol. The van der Waals surface area contributed by atoms with Gasteiger partial charge in [0, 0.05) is 18.2 Å². The molecule has 1 fully saturated rings. The topological polar surface area (TPSA) is 121 Å². The second-order valence-electron chi connectivity index (χ2n) is 8.82. The van der Waals surface area contributed by atoms with E-state index >= 15 is 0 Å². The number of imidazole rings is 2. The van der Waals surface area contributed by atoms with E-state index in [9.17, 15) is 0 Å². The van der Waals surface area contributed by atoms with Crippen molar-refractivity contribution in [1.29, 1.82) is 0 Å². The summed E-state index contributed by atoms with van der Waals surface area (Å²) in [4.78, 5) is 20.4. The normalized spacial score (nSPS) is 18.4. The van der Waals surface area contributed by atoms with Crippen LogP contribution in [0, 0.1) is 0 Å². The number of anilines is 1. The van der Waals surface area contributed by atoms with E-state index in [1.54, 1.807) is 6.33 Å². The first-order valence-corrected chi connectivity index (χ1v) is 11.7. The molecule has 3 heterocycles. The number of benzene rings is 2. The zero-order valence-electron chi connectivity index (χ0n) is 18.7. The lowest BCUT2D eigenvalue weighted by atomic mass is 9.92. The second kappa shape index (κ2) is 8.75. The largest absolute Gasteiger partial charge is 0.489 e. The minimum Gasteiger partial charge on any atom is -0.489 e. The van der Waals surface area contributed by atoms with Gasteiger partial charge in [0.25, 0.3) is 5.82 Å². The Morgan fingerprint density at radius 3 is 2.74 bits per heavy atom. The van der Waals surface area contributed by atoms with E-state index in [0.29, 0.717) is 30.3 Å². The molecular formula is C25H27N8O+. The number of nitrogens with two attached hydrogens (primary N) is 1. The summed E-state index contributed by atoms with van der Waals surface area (Å²) in [7, 11) is 0. The van der Waals surface area contributed by atoms with E-state index < -0.39 is 0 Å². The van der Waals surface area contributed by atoms with Crippen molar-refractivity contribution in [2.45, 2.75) is 44.4 Å². The second-order valence-corrected chi connectivity index (χ2v) is 8.82. The van der Waals surface area contributed by atoms with Crippen molar-refractivity contribution >= 4 is 28.1 Å². The van der Waals surface area contributed by atoms with Gasteiger partial charge in [-0.25, -0.2) is 4.98 Å². The molecule has 172 valence electrons. The Kier molecular flexibility index (Phi) is 5.31. The number of aromatic amines is 2. The van der Waals surface area contributed by atoms with E-state index in [2.05, 4.69) is 37.4 Å². The van der Waals surface area contributed by atoms with Crippen molar-refractivity contribution in [3.05, 3.63) is 66.7 Å². The summed E-state index contributed by atoms with van der Waals surface area (Å²) >= 11 is 0. The van der Waals surface area contributed by atoms with Gasteiger partial charge in [0.1, 0.15) is 23.4 Å². The number of rotatable bonds is 6. The maximum Gasteiger partial charge on any atom is 0.302 e. The highest BCUT2D eigenvalue weighted by atomic mass is 16.5. The molecule has 0 saturated heterocycles. The van der Waals surface area contributed by atoms with Gasteiger partial charge in [-0.2, -0.15) is 9.55 Å². The highest BCUT2D eigenvalue weighted by Gasteiger charge is 2.24. The summed E-state index contributed by atoms with van der Waals surface area (Å²) in [6, 6.07) is 16.8. The van der Waals surface area contributed by atoms with Crippen molar-refractivity contribution < 1.29 is 9.30 Å². The summed E-state index contributed by atoms with van der Waals surface area (Å²) < 4.78 is 8.01. The van der Waals surface area contributed by atoms with Crippen LogP contribution in [0.25, 0.3) is 28.0 Å². The minimum atomic E-state index is 0.298. The fourth-order valence-corrected chi connectivity index (χ4v) is 4.55. The molecule has 0 unspecified atom stereocenters. The van der Waals surface area contributed by atoms with Gasteiger partial charge in [0.05, 0.1) is 6.33 Å². The average Bonchev–Trinajstić information content (AvgIpc) is 3.51. The summed E-state index contributed by atoms with van der Waals surface area (Å²) in [5, 5.41) is 3.50. The van der Waals surface area contributed by atoms with E-state index in [1.807, 2.05) is 47.3 Å².